The van der Waals surface area contributed by atoms with Crippen molar-refractivity contribution in [3.05, 3.63) is 18.1 Å². The molecule has 0 aliphatic heterocycles. The lowest BCUT2D eigenvalue weighted by Gasteiger charge is -2.09. The first kappa shape index (κ1) is 12.8. The molecule has 1 atom stereocenters. The number of carbonyl (C=O) groups excluding carboxylic acids is 1. The Morgan fingerprint density at radius 2 is 2.31 bits per heavy atom. The van der Waals surface area contributed by atoms with E-state index in [-0.39, 0.29) is 5.91 Å². The topological polar surface area (TPSA) is 66.9 Å². The van der Waals surface area contributed by atoms with Crippen molar-refractivity contribution in [2.45, 2.75) is 12.2 Å². The summed E-state index contributed by atoms with van der Waals surface area (Å²) in [4.78, 5) is 19.7. The second kappa shape index (κ2) is 6.32. The van der Waals surface area contributed by atoms with E-state index in [0.29, 0.717) is 23.3 Å². The molecular weight excluding hydrogens is 224 g/mol. The Labute approximate surface area is 99.4 Å². The van der Waals surface area contributed by atoms with Crippen LogP contribution in [0.1, 0.15) is 17.4 Å². The summed E-state index contributed by atoms with van der Waals surface area (Å²) < 4.78 is 0. The minimum absolute atomic E-state index is 0.189. The molecule has 16 heavy (non-hydrogen) atoms. The fraction of sp³-hybridized carbons (Fsp3) is 0.500. The molecule has 1 aromatic rings. The number of thioether (sulfide) groups is 1. The van der Waals surface area contributed by atoms with E-state index < -0.39 is 0 Å². The van der Waals surface area contributed by atoms with Gasteiger partial charge in [0, 0.05) is 18.8 Å². The third-order valence-electron chi connectivity index (χ3n) is 2.08. The summed E-state index contributed by atoms with van der Waals surface area (Å²) in [6.45, 7) is 2.69. The van der Waals surface area contributed by atoms with Crippen LogP contribution in [0.3, 0.4) is 0 Å². The Balaban J connectivity index is 2.58. The summed E-state index contributed by atoms with van der Waals surface area (Å²) in [6.07, 6.45) is 5.04. The van der Waals surface area contributed by atoms with Crippen LogP contribution in [0, 0.1) is 0 Å². The summed E-state index contributed by atoms with van der Waals surface area (Å²) >= 11 is 1.71. The van der Waals surface area contributed by atoms with E-state index in [1.54, 1.807) is 25.0 Å². The molecule has 0 aliphatic carbocycles. The van der Waals surface area contributed by atoms with Gasteiger partial charge in [0.2, 0.25) is 0 Å². The highest BCUT2D eigenvalue weighted by Crippen LogP contribution is 2.04. The molecule has 0 radical (unpaired) electrons. The predicted molar refractivity (Wildman–Crippen MR) is 66.9 cm³/mol. The van der Waals surface area contributed by atoms with Crippen LogP contribution in [0.5, 0.6) is 0 Å². The monoisotopic (exact) mass is 240 g/mol. The zero-order chi connectivity index (χ0) is 12.0. The number of amides is 1. The van der Waals surface area contributed by atoms with Crippen LogP contribution in [-0.2, 0) is 0 Å². The third-order valence-corrected chi connectivity index (χ3v) is 3.05. The minimum Gasteiger partial charge on any atom is -0.372 e. The quantitative estimate of drug-likeness (QED) is 0.803. The molecule has 1 heterocycles. The highest BCUT2D eigenvalue weighted by Gasteiger charge is 2.09. The maximum atomic E-state index is 11.7. The maximum Gasteiger partial charge on any atom is 0.271 e. The van der Waals surface area contributed by atoms with E-state index in [4.69, 9.17) is 0 Å². The number of carbonyl (C=O) groups is 1. The summed E-state index contributed by atoms with van der Waals surface area (Å²) in [5.74, 6) is 0.399. The lowest BCUT2D eigenvalue weighted by atomic mass is 10.4. The summed E-state index contributed by atoms with van der Waals surface area (Å²) in [6, 6.07) is 0. The molecule has 1 unspecified atom stereocenters. The first-order valence-electron chi connectivity index (χ1n) is 4.98. The van der Waals surface area contributed by atoms with Gasteiger partial charge in [0.15, 0.2) is 0 Å². The van der Waals surface area contributed by atoms with Crippen molar-refractivity contribution < 1.29 is 4.79 Å². The Kier molecular flexibility index (Phi) is 5.04. The van der Waals surface area contributed by atoms with Crippen molar-refractivity contribution in [2.24, 2.45) is 0 Å². The molecule has 1 aromatic heterocycles. The lowest BCUT2D eigenvalue weighted by molar-refractivity contribution is 0.0949. The fourth-order valence-corrected chi connectivity index (χ4v) is 1.26. The van der Waals surface area contributed by atoms with E-state index in [0.717, 1.165) is 0 Å². The van der Waals surface area contributed by atoms with E-state index >= 15 is 0 Å². The lowest BCUT2D eigenvalue weighted by Crippen LogP contribution is -2.30. The van der Waals surface area contributed by atoms with Gasteiger partial charge in [-0.15, -0.1) is 0 Å². The van der Waals surface area contributed by atoms with Gasteiger partial charge in [-0.1, -0.05) is 6.92 Å². The SMILES string of the molecule is CNc1cncc(C(=O)NCC(C)SC)n1. The standard InChI is InChI=1S/C10H16N4OS/c1-7(16-3)4-13-10(15)8-5-12-6-9(11-2)14-8/h5-7H,4H2,1-3H3,(H,11,14)(H,13,15). The number of anilines is 1. The number of hydrogen-bond donors (Lipinski definition) is 2. The molecule has 0 aromatic carbocycles. The zero-order valence-corrected chi connectivity index (χ0v) is 10.5. The van der Waals surface area contributed by atoms with Crippen molar-refractivity contribution >= 4 is 23.5 Å². The van der Waals surface area contributed by atoms with Gasteiger partial charge in [0.1, 0.15) is 11.5 Å². The smallest absolute Gasteiger partial charge is 0.271 e. The molecule has 0 saturated heterocycles. The molecule has 0 saturated carbocycles. The largest absolute Gasteiger partial charge is 0.372 e. The highest BCUT2D eigenvalue weighted by atomic mass is 32.2. The zero-order valence-electron chi connectivity index (χ0n) is 9.65. The minimum atomic E-state index is -0.189. The first-order valence-corrected chi connectivity index (χ1v) is 6.27. The van der Waals surface area contributed by atoms with E-state index in [1.807, 2.05) is 6.26 Å². The number of nitrogens with zero attached hydrogens (tertiary/aromatic N) is 2. The van der Waals surface area contributed by atoms with Gasteiger partial charge in [-0.05, 0) is 6.26 Å². The van der Waals surface area contributed by atoms with Gasteiger partial charge < -0.3 is 10.6 Å². The Bertz CT molecular complexity index is 358. The summed E-state index contributed by atoms with van der Waals surface area (Å²) in [5.41, 5.74) is 0.333. The fourth-order valence-electron chi connectivity index (χ4n) is 1.01. The van der Waals surface area contributed by atoms with Gasteiger partial charge in [0.25, 0.3) is 5.91 Å². The van der Waals surface area contributed by atoms with E-state index in [2.05, 4.69) is 27.5 Å². The molecule has 0 spiro atoms. The van der Waals surface area contributed by atoms with Crippen molar-refractivity contribution in [3.63, 3.8) is 0 Å². The third kappa shape index (κ3) is 3.69. The molecule has 2 N–H and O–H groups in total. The van der Waals surface area contributed by atoms with Crippen LogP contribution in [0.4, 0.5) is 5.82 Å². The predicted octanol–water partition coefficient (Wildman–Crippen LogP) is 1.000. The van der Waals surface area contributed by atoms with Crippen molar-refractivity contribution in [3.8, 4) is 0 Å². The Morgan fingerprint density at radius 1 is 1.56 bits per heavy atom. The van der Waals surface area contributed by atoms with Crippen molar-refractivity contribution in [2.75, 3.05) is 25.2 Å². The van der Waals surface area contributed by atoms with E-state index in [9.17, 15) is 4.79 Å². The molecule has 6 heteroatoms. The number of nitrogens with one attached hydrogen (secondary N) is 2. The average Bonchev–Trinajstić information content (AvgIpc) is 2.35. The molecule has 1 rings (SSSR count). The number of hydrogen-bond acceptors (Lipinski definition) is 5. The molecule has 0 fully saturated rings. The molecule has 0 bridgehead atoms. The maximum absolute atomic E-state index is 11.7. The van der Waals surface area contributed by atoms with Crippen LogP contribution in [0.25, 0.3) is 0 Å². The van der Waals surface area contributed by atoms with Crippen LogP contribution in [0.2, 0.25) is 0 Å². The van der Waals surface area contributed by atoms with Gasteiger partial charge in [-0.25, -0.2) is 4.98 Å². The normalized spacial score (nSPS) is 11.9. The molecule has 1 amide bonds. The highest BCUT2D eigenvalue weighted by molar-refractivity contribution is 7.99. The van der Waals surface area contributed by atoms with Gasteiger partial charge in [0.05, 0.1) is 12.4 Å². The van der Waals surface area contributed by atoms with Crippen LogP contribution in [0.15, 0.2) is 12.4 Å². The van der Waals surface area contributed by atoms with Gasteiger partial charge >= 0.3 is 0 Å². The van der Waals surface area contributed by atoms with Crippen LogP contribution >= 0.6 is 11.8 Å². The van der Waals surface area contributed by atoms with Gasteiger partial charge in [-0.3, -0.25) is 9.78 Å². The van der Waals surface area contributed by atoms with E-state index in [1.165, 1.54) is 6.20 Å². The average molecular weight is 240 g/mol. The summed E-state index contributed by atoms with van der Waals surface area (Å²) in [7, 11) is 1.74. The molecular formula is C10H16N4OS. The van der Waals surface area contributed by atoms with Crippen molar-refractivity contribution in [1.29, 1.82) is 0 Å². The second-order valence-electron chi connectivity index (χ2n) is 3.30. The molecule has 5 nitrogen and oxygen atoms in total. The number of rotatable bonds is 5. The summed E-state index contributed by atoms with van der Waals surface area (Å²) in [5, 5.41) is 6.04. The second-order valence-corrected chi connectivity index (χ2v) is 4.57. The van der Waals surface area contributed by atoms with Crippen LogP contribution in [-0.4, -0.2) is 41.0 Å². The van der Waals surface area contributed by atoms with Crippen LogP contribution < -0.4 is 10.6 Å². The molecule has 88 valence electrons. The van der Waals surface area contributed by atoms with Gasteiger partial charge in [-0.2, -0.15) is 11.8 Å². The number of aromatic nitrogens is 2. The Morgan fingerprint density at radius 3 is 2.94 bits per heavy atom. The van der Waals surface area contributed by atoms with Crippen molar-refractivity contribution in [1.82, 2.24) is 15.3 Å². The Hall–Kier alpha value is -1.30. The first-order chi connectivity index (χ1) is 7.67. The molecule has 0 aliphatic rings.